The second kappa shape index (κ2) is 3.60. The van der Waals surface area contributed by atoms with Crippen molar-refractivity contribution in [1.29, 1.82) is 0 Å². The fourth-order valence-electron chi connectivity index (χ4n) is 3.65. The molecule has 0 heteroatoms. The highest BCUT2D eigenvalue weighted by Crippen LogP contribution is 2.58. The van der Waals surface area contributed by atoms with Crippen molar-refractivity contribution < 1.29 is 0 Å². The zero-order valence-corrected chi connectivity index (χ0v) is 11.4. The topological polar surface area (TPSA) is 0 Å². The van der Waals surface area contributed by atoms with Crippen LogP contribution in [0.2, 0.25) is 0 Å². The third kappa shape index (κ3) is 2.14. The standard InChI is InChI=1S/C17H24/c1-16(2)11-15(16)12-17(3)9-8-13-6-4-5-7-14(13)10-17/h4-7,15H,8-12H2,1-3H3. The largest absolute Gasteiger partial charge is 0.0620 e. The number of benzene rings is 1. The lowest BCUT2D eigenvalue weighted by molar-refractivity contribution is 0.229. The Hall–Kier alpha value is -0.780. The third-order valence-electron chi connectivity index (χ3n) is 5.19. The monoisotopic (exact) mass is 228 g/mol. The molecule has 0 N–H and O–H groups in total. The highest BCUT2D eigenvalue weighted by molar-refractivity contribution is 5.31. The van der Waals surface area contributed by atoms with Crippen LogP contribution in [0.25, 0.3) is 0 Å². The molecular formula is C17H24. The number of fused-ring (bicyclic) bond motifs is 1. The molecule has 0 aliphatic heterocycles. The maximum absolute atomic E-state index is 2.51. The first-order chi connectivity index (χ1) is 7.99. The summed E-state index contributed by atoms with van der Waals surface area (Å²) in [4.78, 5) is 0. The molecule has 2 unspecified atom stereocenters. The quantitative estimate of drug-likeness (QED) is 0.693. The molecule has 0 bridgehead atoms. The highest BCUT2D eigenvalue weighted by Gasteiger charge is 2.48. The Kier molecular flexibility index (Phi) is 2.40. The molecule has 1 saturated carbocycles. The Morgan fingerprint density at radius 3 is 2.41 bits per heavy atom. The van der Waals surface area contributed by atoms with E-state index in [1.54, 1.807) is 11.1 Å². The molecule has 0 nitrogen and oxygen atoms in total. The molecule has 92 valence electrons. The molecular weight excluding hydrogens is 204 g/mol. The van der Waals surface area contributed by atoms with Crippen LogP contribution >= 0.6 is 0 Å². The van der Waals surface area contributed by atoms with Crippen molar-refractivity contribution in [3.05, 3.63) is 35.4 Å². The summed E-state index contributed by atoms with van der Waals surface area (Å²) in [5, 5.41) is 0. The van der Waals surface area contributed by atoms with Crippen LogP contribution in [0.5, 0.6) is 0 Å². The SMILES string of the molecule is CC1(CC2CC2(C)C)CCc2ccccc2C1. The van der Waals surface area contributed by atoms with Crippen molar-refractivity contribution >= 4 is 0 Å². The van der Waals surface area contributed by atoms with E-state index < -0.39 is 0 Å². The Morgan fingerprint density at radius 2 is 1.76 bits per heavy atom. The molecule has 1 fully saturated rings. The Balaban J connectivity index is 1.74. The van der Waals surface area contributed by atoms with E-state index in [9.17, 15) is 0 Å². The van der Waals surface area contributed by atoms with E-state index in [4.69, 9.17) is 0 Å². The minimum Gasteiger partial charge on any atom is -0.0620 e. The summed E-state index contributed by atoms with van der Waals surface area (Å²) in [6.45, 7) is 7.37. The normalized spacial score (nSPS) is 34.2. The first-order valence-electron chi connectivity index (χ1n) is 7.05. The van der Waals surface area contributed by atoms with Gasteiger partial charge in [-0.1, -0.05) is 45.0 Å². The van der Waals surface area contributed by atoms with Crippen molar-refractivity contribution in [3.63, 3.8) is 0 Å². The van der Waals surface area contributed by atoms with Crippen molar-refractivity contribution in [2.75, 3.05) is 0 Å². The minimum atomic E-state index is 0.562. The van der Waals surface area contributed by atoms with Gasteiger partial charge in [-0.05, 0) is 60.0 Å². The molecule has 0 heterocycles. The highest BCUT2D eigenvalue weighted by atomic mass is 14.5. The average molecular weight is 228 g/mol. The molecule has 1 aromatic carbocycles. The van der Waals surface area contributed by atoms with Gasteiger partial charge in [0.1, 0.15) is 0 Å². The Bertz CT molecular complexity index is 429. The van der Waals surface area contributed by atoms with Crippen LogP contribution < -0.4 is 0 Å². The lowest BCUT2D eigenvalue weighted by atomic mass is 9.69. The van der Waals surface area contributed by atoms with Gasteiger partial charge < -0.3 is 0 Å². The van der Waals surface area contributed by atoms with Gasteiger partial charge >= 0.3 is 0 Å². The molecule has 2 atom stereocenters. The summed E-state index contributed by atoms with van der Waals surface area (Å²) in [6, 6.07) is 9.04. The van der Waals surface area contributed by atoms with Crippen LogP contribution in [0.3, 0.4) is 0 Å². The van der Waals surface area contributed by atoms with Gasteiger partial charge in [0.15, 0.2) is 0 Å². The van der Waals surface area contributed by atoms with Crippen LogP contribution in [0.4, 0.5) is 0 Å². The number of hydrogen-bond acceptors (Lipinski definition) is 0. The van der Waals surface area contributed by atoms with Gasteiger partial charge in [0.05, 0.1) is 0 Å². The first-order valence-corrected chi connectivity index (χ1v) is 7.05. The molecule has 0 radical (unpaired) electrons. The Labute approximate surface area is 105 Å². The molecule has 2 aliphatic carbocycles. The maximum Gasteiger partial charge on any atom is -0.0222 e. The van der Waals surface area contributed by atoms with Crippen LogP contribution in [0, 0.1) is 16.7 Å². The van der Waals surface area contributed by atoms with E-state index in [1.807, 2.05) is 0 Å². The molecule has 1 aromatic rings. The summed E-state index contributed by atoms with van der Waals surface area (Å²) in [5.41, 5.74) is 4.41. The maximum atomic E-state index is 2.51. The second-order valence-electron chi connectivity index (χ2n) is 7.35. The minimum absolute atomic E-state index is 0.562. The lowest BCUT2D eigenvalue weighted by Crippen LogP contribution is -2.26. The summed E-state index contributed by atoms with van der Waals surface area (Å²) in [6.07, 6.45) is 6.87. The molecule has 17 heavy (non-hydrogen) atoms. The van der Waals surface area contributed by atoms with Crippen LogP contribution in [0.15, 0.2) is 24.3 Å². The fraction of sp³-hybridized carbons (Fsp3) is 0.647. The smallest absolute Gasteiger partial charge is 0.0222 e. The van der Waals surface area contributed by atoms with Crippen LogP contribution in [-0.2, 0) is 12.8 Å². The van der Waals surface area contributed by atoms with Gasteiger partial charge in [-0.15, -0.1) is 0 Å². The molecule has 3 rings (SSSR count). The average Bonchev–Trinajstić information content (AvgIpc) is 2.84. The van der Waals surface area contributed by atoms with Crippen LogP contribution in [0.1, 0.15) is 51.2 Å². The number of aryl methyl sites for hydroxylation is 1. The van der Waals surface area contributed by atoms with Gasteiger partial charge in [-0.2, -0.15) is 0 Å². The van der Waals surface area contributed by atoms with Crippen molar-refractivity contribution in [3.8, 4) is 0 Å². The van der Waals surface area contributed by atoms with Gasteiger partial charge in [-0.25, -0.2) is 0 Å². The van der Waals surface area contributed by atoms with E-state index in [-0.39, 0.29) is 0 Å². The summed E-state index contributed by atoms with van der Waals surface area (Å²) in [7, 11) is 0. The summed E-state index contributed by atoms with van der Waals surface area (Å²) < 4.78 is 0. The van der Waals surface area contributed by atoms with Crippen molar-refractivity contribution in [1.82, 2.24) is 0 Å². The fourth-order valence-corrected chi connectivity index (χ4v) is 3.65. The molecule has 2 aliphatic rings. The number of rotatable bonds is 2. The number of hydrogen-bond donors (Lipinski definition) is 0. The molecule has 0 aromatic heterocycles. The van der Waals surface area contributed by atoms with E-state index in [2.05, 4.69) is 45.0 Å². The predicted molar refractivity (Wildman–Crippen MR) is 73.1 cm³/mol. The van der Waals surface area contributed by atoms with E-state index in [0.29, 0.717) is 10.8 Å². The third-order valence-corrected chi connectivity index (χ3v) is 5.19. The van der Waals surface area contributed by atoms with E-state index in [1.165, 1.54) is 32.1 Å². The van der Waals surface area contributed by atoms with E-state index in [0.717, 1.165) is 5.92 Å². The van der Waals surface area contributed by atoms with Crippen LogP contribution in [-0.4, -0.2) is 0 Å². The van der Waals surface area contributed by atoms with Crippen molar-refractivity contribution in [2.45, 2.75) is 52.9 Å². The van der Waals surface area contributed by atoms with Gasteiger partial charge in [0, 0.05) is 0 Å². The zero-order chi connectivity index (χ0) is 12.1. The van der Waals surface area contributed by atoms with Gasteiger partial charge in [0.25, 0.3) is 0 Å². The lowest BCUT2D eigenvalue weighted by Gasteiger charge is -2.35. The van der Waals surface area contributed by atoms with Crippen molar-refractivity contribution in [2.24, 2.45) is 16.7 Å². The van der Waals surface area contributed by atoms with Gasteiger partial charge in [0.2, 0.25) is 0 Å². The summed E-state index contributed by atoms with van der Waals surface area (Å²) in [5.74, 6) is 0.984. The first kappa shape index (κ1) is 11.3. The second-order valence-corrected chi connectivity index (χ2v) is 7.35. The molecule has 0 spiro atoms. The zero-order valence-electron chi connectivity index (χ0n) is 11.4. The molecule has 0 amide bonds. The Morgan fingerprint density at radius 1 is 1.12 bits per heavy atom. The molecule has 0 saturated heterocycles. The summed E-state index contributed by atoms with van der Waals surface area (Å²) >= 11 is 0. The van der Waals surface area contributed by atoms with Gasteiger partial charge in [-0.3, -0.25) is 0 Å². The van der Waals surface area contributed by atoms with E-state index >= 15 is 0 Å². The predicted octanol–water partition coefficient (Wildman–Crippen LogP) is 4.62.